The summed E-state index contributed by atoms with van der Waals surface area (Å²) in [6, 6.07) is 0. The fourth-order valence-corrected chi connectivity index (χ4v) is 2.36. The molecule has 0 aromatic rings. The summed E-state index contributed by atoms with van der Waals surface area (Å²) in [5, 5.41) is 8.51. The highest BCUT2D eigenvalue weighted by Gasteiger charge is 1.93. The highest BCUT2D eigenvalue weighted by atomic mass is 16.4. The quantitative estimate of drug-likeness (QED) is 0.244. The number of carboxylic acid groups (broad SMARTS) is 1. The first-order valence-electron chi connectivity index (χ1n) is 9.64. The summed E-state index contributed by atoms with van der Waals surface area (Å²) in [5.41, 5.74) is 0. The van der Waals surface area contributed by atoms with Crippen LogP contribution in [0.15, 0.2) is 48.6 Å². The lowest BCUT2D eigenvalue weighted by atomic mass is 10.1. The van der Waals surface area contributed by atoms with Crippen LogP contribution in [0.5, 0.6) is 0 Å². The Labute approximate surface area is 149 Å². The Morgan fingerprint density at radius 1 is 0.667 bits per heavy atom. The van der Waals surface area contributed by atoms with E-state index in [1.165, 1.54) is 51.4 Å². The summed E-state index contributed by atoms with van der Waals surface area (Å²) in [5.74, 6) is -0.705. The minimum atomic E-state index is -0.705. The van der Waals surface area contributed by atoms with Gasteiger partial charge < -0.3 is 5.11 Å². The largest absolute Gasteiger partial charge is 0.481 e. The van der Waals surface area contributed by atoms with E-state index in [0.717, 1.165) is 19.3 Å². The minimum Gasteiger partial charge on any atom is -0.481 e. The molecule has 0 aliphatic heterocycles. The van der Waals surface area contributed by atoms with Gasteiger partial charge in [-0.05, 0) is 32.1 Å². The van der Waals surface area contributed by atoms with Crippen molar-refractivity contribution in [3.8, 4) is 0 Å². The summed E-state index contributed by atoms with van der Waals surface area (Å²) in [6.45, 7) is 2.26. The third-order valence-electron chi connectivity index (χ3n) is 3.81. The Morgan fingerprint density at radius 2 is 1.12 bits per heavy atom. The number of carbonyl (C=O) groups is 1. The van der Waals surface area contributed by atoms with E-state index in [-0.39, 0.29) is 6.42 Å². The van der Waals surface area contributed by atoms with E-state index in [9.17, 15) is 4.79 Å². The van der Waals surface area contributed by atoms with Crippen LogP contribution in [0, 0.1) is 0 Å². The molecule has 2 heteroatoms. The van der Waals surface area contributed by atoms with Gasteiger partial charge in [0.15, 0.2) is 0 Å². The van der Waals surface area contributed by atoms with Crippen LogP contribution in [0.2, 0.25) is 0 Å². The summed E-state index contributed by atoms with van der Waals surface area (Å²) < 4.78 is 0. The zero-order chi connectivity index (χ0) is 17.7. The van der Waals surface area contributed by atoms with Gasteiger partial charge in [0.2, 0.25) is 0 Å². The van der Waals surface area contributed by atoms with E-state index < -0.39 is 5.97 Å². The second-order valence-corrected chi connectivity index (χ2v) is 6.18. The van der Waals surface area contributed by atoms with E-state index >= 15 is 0 Å². The molecule has 0 saturated carbocycles. The molecule has 0 radical (unpaired) electrons. The molecule has 0 unspecified atom stereocenters. The van der Waals surface area contributed by atoms with Crippen molar-refractivity contribution >= 4 is 5.97 Å². The van der Waals surface area contributed by atoms with Crippen LogP contribution in [0.1, 0.15) is 84.0 Å². The van der Waals surface area contributed by atoms with Crippen molar-refractivity contribution in [3.63, 3.8) is 0 Å². The average Bonchev–Trinajstić information content (AvgIpc) is 2.56. The van der Waals surface area contributed by atoms with Crippen molar-refractivity contribution < 1.29 is 9.90 Å². The minimum absolute atomic E-state index is 0.275. The van der Waals surface area contributed by atoms with Crippen LogP contribution in [0.4, 0.5) is 0 Å². The predicted octanol–water partition coefficient (Wildman–Crippen LogP) is 7.00. The van der Waals surface area contributed by atoms with Crippen molar-refractivity contribution in [2.45, 2.75) is 84.0 Å². The second kappa shape index (κ2) is 19.5. The molecule has 0 spiro atoms. The molecule has 0 atom stereocenters. The molecule has 0 aliphatic carbocycles. The number of rotatable bonds is 16. The molecule has 0 aromatic heterocycles. The van der Waals surface area contributed by atoms with Gasteiger partial charge in [-0.15, -0.1) is 0 Å². The van der Waals surface area contributed by atoms with Crippen molar-refractivity contribution in [2.24, 2.45) is 0 Å². The van der Waals surface area contributed by atoms with Crippen LogP contribution in [-0.4, -0.2) is 11.1 Å². The predicted molar refractivity (Wildman–Crippen MR) is 105 cm³/mol. The molecule has 0 saturated heterocycles. The van der Waals surface area contributed by atoms with Gasteiger partial charge in [-0.2, -0.15) is 0 Å². The van der Waals surface area contributed by atoms with E-state index in [4.69, 9.17) is 5.11 Å². The molecule has 0 fully saturated rings. The smallest absolute Gasteiger partial charge is 0.303 e. The van der Waals surface area contributed by atoms with Gasteiger partial charge in [-0.3, -0.25) is 4.79 Å². The van der Waals surface area contributed by atoms with E-state index in [2.05, 4.69) is 31.2 Å². The van der Waals surface area contributed by atoms with Gasteiger partial charge in [-0.1, -0.05) is 94.1 Å². The lowest BCUT2D eigenvalue weighted by Gasteiger charge is -1.98. The fourth-order valence-electron chi connectivity index (χ4n) is 2.36. The standard InChI is InChI=1S/C22H36O2/c1-2-3-4-5-6-7-8-9-10-11-12-13-14-15-16-17-18-19-20-21-22(23)24/h10-17H,2-9,18-21H2,1H3,(H,23,24)/b11-10-,13-12-,15-14-,17-16-. The number of unbranched alkanes of at least 4 members (excludes halogenated alkanes) is 9. The van der Waals surface area contributed by atoms with Crippen LogP contribution in [0.25, 0.3) is 0 Å². The molecular formula is C22H36O2. The van der Waals surface area contributed by atoms with Crippen molar-refractivity contribution in [1.82, 2.24) is 0 Å². The first-order valence-corrected chi connectivity index (χ1v) is 9.64. The van der Waals surface area contributed by atoms with Crippen LogP contribution < -0.4 is 0 Å². The molecule has 24 heavy (non-hydrogen) atoms. The van der Waals surface area contributed by atoms with Gasteiger partial charge in [0, 0.05) is 6.42 Å². The maximum atomic E-state index is 10.3. The highest BCUT2D eigenvalue weighted by molar-refractivity contribution is 5.66. The van der Waals surface area contributed by atoms with Gasteiger partial charge in [0.25, 0.3) is 0 Å². The van der Waals surface area contributed by atoms with Crippen LogP contribution in [-0.2, 0) is 4.79 Å². The topological polar surface area (TPSA) is 37.3 Å². The number of allylic oxidation sites excluding steroid dienone is 8. The average molecular weight is 333 g/mol. The summed E-state index contributed by atoms with van der Waals surface area (Å²) in [6.07, 6.45) is 30.3. The van der Waals surface area contributed by atoms with E-state index in [0.29, 0.717) is 0 Å². The fraction of sp³-hybridized carbons (Fsp3) is 0.591. The molecule has 0 amide bonds. The number of aliphatic carboxylic acids is 1. The summed E-state index contributed by atoms with van der Waals surface area (Å²) in [4.78, 5) is 10.3. The van der Waals surface area contributed by atoms with E-state index in [1.807, 2.05) is 24.3 Å². The molecule has 0 rings (SSSR count). The molecule has 1 N–H and O–H groups in total. The molecule has 2 nitrogen and oxygen atoms in total. The lowest BCUT2D eigenvalue weighted by Crippen LogP contribution is -1.92. The highest BCUT2D eigenvalue weighted by Crippen LogP contribution is 2.08. The van der Waals surface area contributed by atoms with Gasteiger partial charge in [0.1, 0.15) is 0 Å². The zero-order valence-electron chi connectivity index (χ0n) is 15.5. The Morgan fingerprint density at radius 3 is 1.67 bits per heavy atom. The zero-order valence-corrected chi connectivity index (χ0v) is 15.5. The maximum Gasteiger partial charge on any atom is 0.303 e. The molecule has 136 valence electrons. The van der Waals surface area contributed by atoms with E-state index in [1.54, 1.807) is 0 Å². The maximum absolute atomic E-state index is 10.3. The number of hydrogen-bond donors (Lipinski definition) is 1. The Hall–Kier alpha value is -1.57. The third-order valence-corrected chi connectivity index (χ3v) is 3.81. The summed E-state index contributed by atoms with van der Waals surface area (Å²) >= 11 is 0. The summed E-state index contributed by atoms with van der Waals surface area (Å²) in [7, 11) is 0. The SMILES string of the molecule is CCCCCCCCC\C=C/C=C\C=C/C=C\CCCCC(=O)O. The van der Waals surface area contributed by atoms with Gasteiger partial charge >= 0.3 is 5.97 Å². The van der Waals surface area contributed by atoms with Crippen molar-refractivity contribution in [1.29, 1.82) is 0 Å². The van der Waals surface area contributed by atoms with Gasteiger partial charge in [0.05, 0.1) is 0 Å². The molecule has 0 aromatic carbocycles. The molecule has 0 aliphatic rings. The Kier molecular flexibility index (Phi) is 18.2. The second-order valence-electron chi connectivity index (χ2n) is 6.18. The third kappa shape index (κ3) is 20.4. The van der Waals surface area contributed by atoms with Gasteiger partial charge in [-0.25, -0.2) is 0 Å². The van der Waals surface area contributed by atoms with Crippen LogP contribution >= 0.6 is 0 Å². The first-order chi connectivity index (χ1) is 11.8. The Balaban J connectivity index is 3.41. The molecule has 0 heterocycles. The Bertz CT molecular complexity index is 389. The number of carboxylic acids is 1. The van der Waals surface area contributed by atoms with Crippen molar-refractivity contribution in [2.75, 3.05) is 0 Å². The van der Waals surface area contributed by atoms with Crippen LogP contribution in [0.3, 0.4) is 0 Å². The monoisotopic (exact) mass is 332 g/mol. The normalized spacial score (nSPS) is 12.4. The number of hydrogen-bond acceptors (Lipinski definition) is 1. The molecular weight excluding hydrogens is 296 g/mol. The first kappa shape index (κ1) is 22.4. The molecule has 0 bridgehead atoms. The lowest BCUT2D eigenvalue weighted by molar-refractivity contribution is -0.137. The van der Waals surface area contributed by atoms with Crippen molar-refractivity contribution in [3.05, 3.63) is 48.6 Å².